The SMILES string of the molecule is CCCCCCCCCCCCCCCCCCNc1nc(S)nc(S)n1.[KH]. The van der Waals surface area contributed by atoms with E-state index in [1.807, 2.05) is 0 Å². The molecule has 0 spiro atoms. The van der Waals surface area contributed by atoms with Crippen molar-refractivity contribution in [3.63, 3.8) is 0 Å². The Labute approximate surface area is 226 Å². The Balaban J connectivity index is 0.00000729. The van der Waals surface area contributed by atoms with Crippen LogP contribution in [0.5, 0.6) is 0 Å². The summed E-state index contributed by atoms with van der Waals surface area (Å²) in [6, 6.07) is 0. The molecule has 0 aromatic carbocycles. The Morgan fingerprint density at radius 3 is 1.32 bits per heavy atom. The van der Waals surface area contributed by atoms with Gasteiger partial charge in [-0.05, 0) is 6.42 Å². The summed E-state index contributed by atoms with van der Waals surface area (Å²) in [4.78, 5) is 12.2. The standard InChI is InChI=1S/C21H40N4S2.K.H/c1-2-3-4-5-6-7-8-9-10-11-12-13-14-15-16-17-18-22-19-23-20(26)25-21(27)24-19;;/h2-18H2,1H3,(H3,22,23,24,25,26,27);;. The van der Waals surface area contributed by atoms with Gasteiger partial charge in [0.2, 0.25) is 5.95 Å². The van der Waals surface area contributed by atoms with Crippen LogP contribution >= 0.6 is 25.3 Å². The van der Waals surface area contributed by atoms with Gasteiger partial charge in [-0.3, -0.25) is 0 Å². The van der Waals surface area contributed by atoms with Crippen LogP contribution < -0.4 is 5.32 Å². The summed E-state index contributed by atoms with van der Waals surface area (Å²) in [7, 11) is 0. The first-order chi connectivity index (χ1) is 13.2. The normalized spacial score (nSPS) is 10.7. The van der Waals surface area contributed by atoms with Crippen LogP contribution in [-0.2, 0) is 0 Å². The maximum atomic E-state index is 4.13. The minimum atomic E-state index is 0. The number of nitrogens with zero attached hydrogens (tertiary/aromatic N) is 3. The number of nitrogens with one attached hydrogen (secondary N) is 1. The third-order valence-corrected chi connectivity index (χ3v) is 5.33. The van der Waals surface area contributed by atoms with Gasteiger partial charge >= 0.3 is 51.4 Å². The fourth-order valence-electron chi connectivity index (χ4n) is 3.31. The van der Waals surface area contributed by atoms with Gasteiger partial charge in [-0.2, -0.15) is 15.0 Å². The van der Waals surface area contributed by atoms with E-state index in [1.165, 1.54) is 96.3 Å². The van der Waals surface area contributed by atoms with E-state index in [1.54, 1.807) is 0 Å². The molecule has 1 aromatic heterocycles. The van der Waals surface area contributed by atoms with Gasteiger partial charge in [0.15, 0.2) is 10.3 Å². The van der Waals surface area contributed by atoms with Crippen molar-refractivity contribution in [2.24, 2.45) is 0 Å². The quantitative estimate of drug-likeness (QED) is 0.136. The van der Waals surface area contributed by atoms with Crippen molar-refractivity contribution in [2.75, 3.05) is 11.9 Å². The molecule has 0 bridgehead atoms. The molecule has 0 aliphatic carbocycles. The molecule has 4 nitrogen and oxygen atoms in total. The van der Waals surface area contributed by atoms with Crippen LogP contribution in [0.4, 0.5) is 5.95 Å². The molecule has 0 radical (unpaired) electrons. The molecule has 1 rings (SSSR count). The van der Waals surface area contributed by atoms with Crippen LogP contribution in [0.3, 0.4) is 0 Å². The van der Waals surface area contributed by atoms with Crippen LogP contribution in [0, 0.1) is 0 Å². The molecule has 158 valence electrons. The molecule has 0 saturated carbocycles. The van der Waals surface area contributed by atoms with Gasteiger partial charge in [-0.15, -0.1) is 25.3 Å². The molecule has 0 fully saturated rings. The van der Waals surface area contributed by atoms with Crippen molar-refractivity contribution in [2.45, 2.75) is 120 Å². The fraction of sp³-hybridized carbons (Fsp3) is 0.857. The Morgan fingerprint density at radius 1 is 0.571 bits per heavy atom. The first kappa shape index (κ1) is 29.1. The fourth-order valence-corrected chi connectivity index (χ4v) is 3.76. The first-order valence-electron chi connectivity index (χ1n) is 11.1. The van der Waals surface area contributed by atoms with E-state index in [0.717, 1.165) is 13.0 Å². The summed E-state index contributed by atoms with van der Waals surface area (Å²) in [5, 5.41) is 4.03. The topological polar surface area (TPSA) is 50.7 Å². The number of thiol groups is 2. The number of anilines is 1. The van der Waals surface area contributed by atoms with Gasteiger partial charge in [-0.25, -0.2) is 0 Å². The average molecular weight is 453 g/mol. The molecule has 0 amide bonds. The van der Waals surface area contributed by atoms with Crippen molar-refractivity contribution in [1.29, 1.82) is 0 Å². The number of rotatable bonds is 18. The summed E-state index contributed by atoms with van der Waals surface area (Å²) < 4.78 is 0. The van der Waals surface area contributed by atoms with Gasteiger partial charge in [0, 0.05) is 6.54 Å². The zero-order chi connectivity index (χ0) is 19.6. The minimum absolute atomic E-state index is 0. The predicted molar refractivity (Wildman–Crippen MR) is 130 cm³/mol. The molecule has 0 saturated heterocycles. The van der Waals surface area contributed by atoms with Crippen molar-refractivity contribution in [3.05, 3.63) is 0 Å². The summed E-state index contributed by atoms with van der Waals surface area (Å²) in [6.07, 6.45) is 22.2. The van der Waals surface area contributed by atoms with Gasteiger partial charge in [0.05, 0.1) is 0 Å². The second-order valence-electron chi connectivity index (χ2n) is 7.49. The Hall–Kier alpha value is 1.15. The van der Waals surface area contributed by atoms with Crippen molar-refractivity contribution in [1.82, 2.24) is 15.0 Å². The molecule has 28 heavy (non-hydrogen) atoms. The molecular formula is C21H41KN4S2. The van der Waals surface area contributed by atoms with Crippen LogP contribution in [-0.4, -0.2) is 72.9 Å². The monoisotopic (exact) mass is 452 g/mol. The summed E-state index contributed by atoms with van der Waals surface area (Å²) in [5.41, 5.74) is 0. The van der Waals surface area contributed by atoms with Crippen LogP contribution in [0.25, 0.3) is 0 Å². The summed E-state index contributed by atoms with van der Waals surface area (Å²) in [6.45, 7) is 3.18. The second kappa shape index (κ2) is 21.4. The van der Waals surface area contributed by atoms with Crippen molar-refractivity contribution in [3.8, 4) is 0 Å². The predicted octanol–water partition coefficient (Wildman–Crippen LogP) is 6.47. The molecule has 1 aromatic rings. The van der Waals surface area contributed by atoms with E-state index < -0.39 is 0 Å². The van der Waals surface area contributed by atoms with Gasteiger partial charge in [0.1, 0.15) is 0 Å². The molecule has 0 unspecified atom stereocenters. The van der Waals surface area contributed by atoms with E-state index in [4.69, 9.17) is 0 Å². The second-order valence-corrected chi connectivity index (χ2v) is 8.29. The molecule has 0 aliphatic rings. The third-order valence-electron chi connectivity index (χ3n) is 4.93. The van der Waals surface area contributed by atoms with E-state index >= 15 is 0 Å². The van der Waals surface area contributed by atoms with Crippen LogP contribution in [0.1, 0.15) is 110 Å². The Morgan fingerprint density at radius 2 is 0.929 bits per heavy atom. The van der Waals surface area contributed by atoms with E-state index in [-0.39, 0.29) is 51.4 Å². The first-order valence-corrected chi connectivity index (χ1v) is 12.0. The van der Waals surface area contributed by atoms with Crippen LogP contribution in [0.15, 0.2) is 10.3 Å². The van der Waals surface area contributed by atoms with Gasteiger partial charge < -0.3 is 5.32 Å². The van der Waals surface area contributed by atoms with E-state index in [0.29, 0.717) is 16.3 Å². The molecule has 1 heterocycles. The molecule has 0 aliphatic heterocycles. The summed E-state index contributed by atoms with van der Waals surface area (Å²) >= 11 is 8.26. The molecule has 1 N–H and O–H groups in total. The summed E-state index contributed by atoms with van der Waals surface area (Å²) in [5.74, 6) is 0.570. The Kier molecular flexibility index (Phi) is 22.3. The zero-order valence-electron chi connectivity index (χ0n) is 17.3. The number of hydrogen-bond acceptors (Lipinski definition) is 6. The zero-order valence-corrected chi connectivity index (χ0v) is 19.0. The molecule has 0 atom stereocenters. The Bertz CT molecular complexity index is 457. The average Bonchev–Trinajstić information content (AvgIpc) is 2.63. The number of unbranched alkanes of at least 4 members (excludes halogenated alkanes) is 15. The number of aromatic nitrogens is 3. The molecule has 7 heteroatoms. The van der Waals surface area contributed by atoms with Crippen molar-refractivity contribution < 1.29 is 0 Å². The van der Waals surface area contributed by atoms with Gasteiger partial charge in [-0.1, -0.05) is 103 Å². The van der Waals surface area contributed by atoms with Gasteiger partial charge in [0.25, 0.3) is 0 Å². The van der Waals surface area contributed by atoms with E-state index in [2.05, 4.69) is 52.5 Å². The third kappa shape index (κ3) is 18.0. The maximum absolute atomic E-state index is 4.13. The molecular weight excluding hydrogens is 411 g/mol. The number of hydrogen-bond donors (Lipinski definition) is 3. The van der Waals surface area contributed by atoms with Crippen molar-refractivity contribution >= 4 is 82.6 Å². The van der Waals surface area contributed by atoms with Crippen LogP contribution in [0.2, 0.25) is 0 Å². The van der Waals surface area contributed by atoms with E-state index in [9.17, 15) is 0 Å².